The van der Waals surface area contributed by atoms with Gasteiger partial charge >= 0.3 is 0 Å². The maximum Gasteiger partial charge on any atom is 0.150 e. The summed E-state index contributed by atoms with van der Waals surface area (Å²) < 4.78 is 23.0. The molecule has 1 atom stereocenters. The molecule has 6 nitrogen and oxygen atoms in total. The van der Waals surface area contributed by atoms with Crippen molar-refractivity contribution in [2.45, 2.75) is 29.7 Å². The van der Waals surface area contributed by atoms with Crippen LogP contribution in [-0.4, -0.2) is 90.0 Å². The third-order valence-corrected chi connectivity index (χ3v) is 6.35. The molecule has 0 aromatic heterocycles. The van der Waals surface area contributed by atoms with Crippen molar-refractivity contribution in [3.63, 3.8) is 0 Å². The lowest BCUT2D eigenvalue weighted by molar-refractivity contribution is 0.0365. The van der Waals surface area contributed by atoms with Crippen LogP contribution >= 0.6 is 7.43 Å². The minimum atomic E-state index is -1.82. The van der Waals surface area contributed by atoms with E-state index in [1.807, 2.05) is 7.05 Å². The molecular weight excluding hydrogens is 313 g/mol. The van der Waals surface area contributed by atoms with Crippen LogP contribution in [0.25, 0.3) is 0 Å². The highest BCUT2D eigenvalue weighted by atomic mass is 31.2. The molecule has 0 aromatic rings. The van der Waals surface area contributed by atoms with Crippen LogP contribution in [0.1, 0.15) is 29.7 Å². The van der Waals surface area contributed by atoms with E-state index in [1.165, 1.54) is 0 Å². The molecule has 0 amide bonds. The zero-order valence-electron chi connectivity index (χ0n) is 12.7. The van der Waals surface area contributed by atoms with E-state index in [0.717, 1.165) is 39.4 Å². The third-order valence-electron chi connectivity index (χ3n) is 3.47. The summed E-state index contributed by atoms with van der Waals surface area (Å²) in [5.74, 6) is 0. The minimum Gasteiger partial charge on any atom is -0.382 e. The highest BCUT2D eigenvalue weighted by Crippen LogP contribution is 2.48. The molecule has 7 heteroatoms. The first-order chi connectivity index (χ1) is 9.12. The zero-order valence-corrected chi connectivity index (χ0v) is 13.6. The second kappa shape index (κ2) is 16.9. The summed E-state index contributed by atoms with van der Waals surface area (Å²) in [5.41, 5.74) is 0. The molecule has 0 N–H and O–H groups in total. The Morgan fingerprint density at radius 3 is 2.17 bits per heavy atom. The quantitative estimate of drug-likeness (QED) is 0.489. The normalized spacial score (nSPS) is 16.9. The third kappa shape index (κ3) is 11.2. The van der Waals surface area contributed by atoms with Gasteiger partial charge in [0.1, 0.15) is 7.43 Å². The number of ether oxygens (including phenoxy) is 2. The molecule has 146 valence electrons. The summed E-state index contributed by atoms with van der Waals surface area (Å²) >= 11 is 0. The van der Waals surface area contributed by atoms with Crippen LogP contribution < -0.4 is 0 Å². The van der Waals surface area contributed by atoms with E-state index in [9.17, 15) is 0 Å². The standard InChI is InChI=1S/C12H28N3O3P.4CH4/c1-13-19(4,18-12-11-16-3)14(2)5-6-15-7-9-17-10-8-15;;;;/h5-12H2,1-4H3;4*1H4. The number of rotatable bonds is 8. The van der Waals surface area contributed by atoms with Crippen molar-refractivity contribution in [2.75, 3.05) is 80.5 Å². The SMILES string of the molecule is C.C.C.C.CN=P(C)(OCCOC)N(C)CCN1CCOCC1. The Labute approximate surface area is 146 Å². The first-order valence-electron chi connectivity index (χ1n) is 6.75. The van der Waals surface area contributed by atoms with E-state index in [2.05, 4.69) is 28.0 Å². The summed E-state index contributed by atoms with van der Waals surface area (Å²) in [6, 6.07) is 0. The molecule has 1 rings (SSSR count). The van der Waals surface area contributed by atoms with Gasteiger partial charge in [0.2, 0.25) is 0 Å². The Bertz CT molecular complexity index is 298. The van der Waals surface area contributed by atoms with Gasteiger partial charge in [-0.2, -0.15) is 0 Å². The van der Waals surface area contributed by atoms with E-state index < -0.39 is 7.43 Å². The maximum absolute atomic E-state index is 5.92. The Morgan fingerprint density at radius 2 is 1.70 bits per heavy atom. The molecule has 1 saturated heterocycles. The van der Waals surface area contributed by atoms with E-state index in [-0.39, 0.29) is 29.7 Å². The Hall–Kier alpha value is 0.0300. The van der Waals surface area contributed by atoms with Crippen molar-refractivity contribution in [1.82, 2.24) is 9.57 Å². The first kappa shape index (κ1) is 30.9. The fourth-order valence-electron chi connectivity index (χ4n) is 1.90. The zero-order chi connectivity index (χ0) is 14.1. The van der Waals surface area contributed by atoms with Crippen molar-refractivity contribution in [3.8, 4) is 0 Å². The Balaban J connectivity index is -0.000000451. The number of methoxy groups -OCH3 is 1. The second-order valence-electron chi connectivity index (χ2n) is 4.70. The number of nitrogens with zero attached hydrogens (tertiary/aromatic N) is 3. The smallest absolute Gasteiger partial charge is 0.150 e. The van der Waals surface area contributed by atoms with Crippen LogP contribution in [0.4, 0.5) is 0 Å². The van der Waals surface area contributed by atoms with Crippen molar-refractivity contribution in [2.24, 2.45) is 4.74 Å². The summed E-state index contributed by atoms with van der Waals surface area (Å²) in [5, 5.41) is 0. The number of hydrogen-bond donors (Lipinski definition) is 0. The molecule has 1 heterocycles. The fraction of sp³-hybridized carbons (Fsp3) is 1.00. The van der Waals surface area contributed by atoms with Gasteiger partial charge in [-0.1, -0.05) is 29.7 Å². The lowest BCUT2D eigenvalue weighted by atomic mass is 10.4. The summed E-state index contributed by atoms with van der Waals surface area (Å²) in [4.78, 5) is 2.43. The summed E-state index contributed by atoms with van der Waals surface area (Å²) in [6.07, 6.45) is 0. The average molecular weight is 358 g/mol. The van der Waals surface area contributed by atoms with Crippen molar-refractivity contribution in [3.05, 3.63) is 0 Å². The van der Waals surface area contributed by atoms with Crippen molar-refractivity contribution < 1.29 is 14.0 Å². The van der Waals surface area contributed by atoms with Crippen molar-refractivity contribution in [1.29, 1.82) is 0 Å². The summed E-state index contributed by atoms with van der Waals surface area (Å²) in [6.45, 7) is 9.06. The van der Waals surface area contributed by atoms with Gasteiger partial charge in [0.15, 0.2) is 0 Å². The van der Waals surface area contributed by atoms with Gasteiger partial charge in [0.05, 0.1) is 26.4 Å². The summed E-state index contributed by atoms with van der Waals surface area (Å²) in [7, 11) is 3.80. The van der Waals surface area contributed by atoms with Crippen LogP contribution in [0.2, 0.25) is 0 Å². The van der Waals surface area contributed by atoms with E-state index in [1.54, 1.807) is 7.11 Å². The molecule has 0 aliphatic carbocycles. The number of hydrogen-bond acceptors (Lipinski definition) is 5. The molecule has 0 bridgehead atoms. The van der Waals surface area contributed by atoms with Crippen LogP contribution in [-0.2, 0) is 14.0 Å². The second-order valence-corrected chi connectivity index (χ2v) is 7.71. The molecule has 0 saturated carbocycles. The van der Waals surface area contributed by atoms with Crippen LogP contribution in [0.5, 0.6) is 0 Å². The van der Waals surface area contributed by atoms with Gasteiger partial charge < -0.3 is 14.0 Å². The number of likely N-dealkylation sites (N-methyl/N-ethyl adjacent to an activating group) is 1. The fourth-order valence-corrected chi connectivity index (χ4v) is 3.40. The maximum atomic E-state index is 5.92. The topological polar surface area (TPSA) is 46.5 Å². The van der Waals surface area contributed by atoms with Crippen LogP contribution in [0, 0.1) is 0 Å². The molecule has 0 radical (unpaired) electrons. The predicted octanol–water partition coefficient (Wildman–Crippen LogP) is 3.75. The lowest BCUT2D eigenvalue weighted by Gasteiger charge is -2.33. The molecule has 1 fully saturated rings. The van der Waals surface area contributed by atoms with E-state index in [0.29, 0.717) is 13.2 Å². The van der Waals surface area contributed by atoms with Crippen LogP contribution in [0.3, 0.4) is 0 Å². The Kier molecular flexibility index (Phi) is 22.6. The lowest BCUT2D eigenvalue weighted by Crippen LogP contribution is -2.40. The average Bonchev–Trinajstić information content (AvgIpc) is 2.45. The largest absolute Gasteiger partial charge is 0.382 e. The van der Waals surface area contributed by atoms with Gasteiger partial charge in [-0.25, -0.2) is 0 Å². The minimum absolute atomic E-state index is 0. The molecule has 1 aliphatic rings. The van der Waals surface area contributed by atoms with Crippen LogP contribution in [0.15, 0.2) is 4.74 Å². The molecule has 0 aromatic carbocycles. The van der Waals surface area contributed by atoms with Crippen molar-refractivity contribution >= 4 is 7.43 Å². The molecule has 23 heavy (non-hydrogen) atoms. The van der Waals surface area contributed by atoms with Gasteiger partial charge in [-0.05, 0) is 7.05 Å². The monoisotopic (exact) mass is 357 g/mol. The number of morpholine rings is 1. The van der Waals surface area contributed by atoms with Gasteiger partial charge in [-0.3, -0.25) is 14.3 Å². The highest BCUT2D eigenvalue weighted by Gasteiger charge is 2.20. The predicted molar refractivity (Wildman–Crippen MR) is 106 cm³/mol. The molecule has 0 spiro atoms. The van der Waals surface area contributed by atoms with Gasteiger partial charge in [0, 0.05) is 47.0 Å². The molecular formula is C16H44N3O3P. The Morgan fingerprint density at radius 1 is 1.13 bits per heavy atom. The van der Waals surface area contributed by atoms with Gasteiger partial charge in [0.25, 0.3) is 0 Å². The molecule has 1 aliphatic heterocycles. The van der Waals surface area contributed by atoms with E-state index in [4.69, 9.17) is 14.0 Å². The van der Waals surface area contributed by atoms with Gasteiger partial charge in [-0.15, -0.1) is 0 Å². The van der Waals surface area contributed by atoms with E-state index >= 15 is 0 Å². The first-order valence-corrected chi connectivity index (χ1v) is 8.81. The molecule has 1 unspecified atom stereocenters. The highest BCUT2D eigenvalue weighted by molar-refractivity contribution is 7.58.